The molecule has 0 aromatic rings. The van der Waals surface area contributed by atoms with Crippen molar-refractivity contribution in [2.45, 2.75) is 6.92 Å². The first-order chi connectivity index (χ1) is 13.2. The van der Waals surface area contributed by atoms with E-state index in [9.17, 15) is 24.0 Å². The Bertz CT molecular complexity index is 541. The van der Waals surface area contributed by atoms with Crippen LogP contribution in [0.3, 0.4) is 0 Å². The molecule has 0 saturated heterocycles. The zero-order chi connectivity index (χ0) is 21.5. The number of hydrogen-bond donors (Lipinski definition) is 3. The average molecular weight is 404 g/mol. The van der Waals surface area contributed by atoms with Gasteiger partial charge in [-0.15, -0.1) is 0 Å². The maximum absolute atomic E-state index is 11.6. The van der Waals surface area contributed by atoms with Gasteiger partial charge in [0.1, 0.15) is 0 Å². The van der Waals surface area contributed by atoms with Gasteiger partial charge < -0.3 is 20.1 Å². The van der Waals surface area contributed by atoms with Gasteiger partial charge in [-0.3, -0.25) is 38.7 Å². The Balaban J connectivity index is 4.85. The molecule has 1 radical (unpaired) electrons. The predicted molar refractivity (Wildman–Crippen MR) is 94.6 cm³/mol. The van der Waals surface area contributed by atoms with Crippen LogP contribution in [0, 0.1) is 0 Å². The van der Waals surface area contributed by atoms with E-state index >= 15 is 0 Å². The van der Waals surface area contributed by atoms with Crippen LogP contribution < -0.4 is 0 Å². The van der Waals surface area contributed by atoms with Crippen molar-refractivity contribution < 1.29 is 44.0 Å². The largest absolute Gasteiger partial charge is 0.480 e. The van der Waals surface area contributed by atoms with E-state index in [0.29, 0.717) is 0 Å². The highest BCUT2D eigenvalue weighted by atomic mass is 16.5. The summed E-state index contributed by atoms with van der Waals surface area (Å²) < 4.78 is 4.79. The summed E-state index contributed by atoms with van der Waals surface area (Å²) in [5.41, 5.74) is 0. The molecule has 3 N–H and O–H groups in total. The second-order valence-electron chi connectivity index (χ2n) is 5.83. The lowest BCUT2D eigenvalue weighted by Gasteiger charge is -2.27. The van der Waals surface area contributed by atoms with Crippen molar-refractivity contribution in [3.8, 4) is 0 Å². The molecule has 0 spiro atoms. The van der Waals surface area contributed by atoms with Crippen molar-refractivity contribution in [1.29, 1.82) is 0 Å². The Kier molecular flexibility index (Phi) is 13.2. The second-order valence-corrected chi connectivity index (χ2v) is 5.83. The molecule has 0 fully saturated rings. The van der Waals surface area contributed by atoms with E-state index in [1.165, 1.54) is 14.7 Å². The molecule has 0 bridgehead atoms. The van der Waals surface area contributed by atoms with Crippen LogP contribution in [-0.2, 0) is 28.7 Å². The third kappa shape index (κ3) is 13.6. The Labute approximate surface area is 162 Å². The summed E-state index contributed by atoms with van der Waals surface area (Å²) >= 11 is 0. The summed E-state index contributed by atoms with van der Waals surface area (Å²) in [5, 5.41) is 26.8. The predicted octanol–water partition coefficient (Wildman–Crippen LogP) is -2.18. The van der Waals surface area contributed by atoms with Gasteiger partial charge in [-0.25, -0.2) is 0 Å². The Morgan fingerprint density at radius 2 is 1.18 bits per heavy atom. The lowest BCUT2D eigenvalue weighted by Crippen LogP contribution is -2.45. The molecule has 0 amide bonds. The number of nitrogens with zero attached hydrogens (tertiary/aromatic N) is 3. The summed E-state index contributed by atoms with van der Waals surface area (Å²) in [6.07, 6.45) is 1.60. The van der Waals surface area contributed by atoms with Gasteiger partial charge in [0.05, 0.1) is 39.3 Å². The standard InChI is InChI=1S/C16H26N3O9/c1-2-28-16(27)12-19(11-15(25)26)6-5-17(9-13(21)22)3-4-18(7-8-20)10-14(23)24/h2-7,9-12H2,1H3,(H,21,22)(H,23,24)(H,25,26). The van der Waals surface area contributed by atoms with Crippen molar-refractivity contribution in [1.82, 2.24) is 14.7 Å². The summed E-state index contributed by atoms with van der Waals surface area (Å²) in [6.45, 7) is 0.509. The number of carbonyl (C=O) groups is 4. The number of carboxylic acid groups (broad SMARTS) is 3. The fourth-order valence-corrected chi connectivity index (χ4v) is 2.32. The normalized spacial score (nSPS) is 11.0. The van der Waals surface area contributed by atoms with Crippen molar-refractivity contribution in [2.75, 3.05) is 65.5 Å². The van der Waals surface area contributed by atoms with Crippen LogP contribution in [0.2, 0.25) is 0 Å². The molecule has 0 aliphatic heterocycles. The van der Waals surface area contributed by atoms with Gasteiger partial charge in [0.25, 0.3) is 0 Å². The minimum atomic E-state index is -1.15. The van der Waals surface area contributed by atoms with Gasteiger partial charge in [0, 0.05) is 26.2 Å². The zero-order valence-corrected chi connectivity index (χ0v) is 15.7. The van der Waals surface area contributed by atoms with Crippen LogP contribution in [0.15, 0.2) is 0 Å². The Morgan fingerprint density at radius 3 is 1.64 bits per heavy atom. The quantitative estimate of drug-likeness (QED) is 0.225. The molecule has 0 rings (SSSR count). The smallest absolute Gasteiger partial charge is 0.320 e. The van der Waals surface area contributed by atoms with Crippen LogP contribution in [0.1, 0.15) is 6.92 Å². The minimum Gasteiger partial charge on any atom is -0.480 e. The molecule has 12 nitrogen and oxygen atoms in total. The summed E-state index contributed by atoms with van der Waals surface area (Å²) in [7, 11) is 0. The molecule has 159 valence electrons. The summed E-state index contributed by atoms with van der Waals surface area (Å²) in [5.74, 6) is -4.00. The highest BCUT2D eigenvalue weighted by Gasteiger charge is 2.18. The zero-order valence-electron chi connectivity index (χ0n) is 15.7. The van der Waals surface area contributed by atoms with Crippen molar-refractivity contribution in [3.05, 3.63) is 0 Å². The van der Waals surface area contributed by atoms with E-state index in [0.717, 1.165) is 0 Å². The van der Waals surface area contributed by atoms with Crippen LogP contribution in [0.4, 0.5) is 0 Å². The number of aliphatic carboxylic acids is 3. The van der Waals surface area contributed by atoms with Gasteiger partial charge in [0.15, 0.2) is 0 Å². The van der Waals surface area contributed by atoms with E-state index in [1.54, 1.807) is 13.2 Å². The molecule has 28 heavy (non-hydrogen) atoms. The molecular formula is C16H26N3O9. The number of rotatable bonds is 17. The molecular weight excluding hydrogens is 378 g/mol. The maximum Gasteiger partial charge on any atom is 0.320 e. The number of esters is 1. The first-order valence-corrected chi connectivity index (χ1v) is 8.51. The topological polar surface area (TPSA) is 165 Å². The van der Waals surface area contributed by atoms with Gasteiger partial charge in [-0.2, -0.15) is 0 Å². The Hall–Kier alpha value is -2.57. The molecule has 12 heteroatoms. The van der Waals surface area contributed by atoms with Crippen LogP contribution in [0.5, 0.6) is 0 Å². The molecule has 0 aromatic heterocycles. The third-order valence-corrected chi connectivity index (χ3v) is 3.49. The fourth-order valence-electron chi connectivity index (χ4n) is 2.32. The minimum absolute atomic E-state index is 0.0805. The van der Waals surface area contributed by atoms with E-state index < -0.39 is 37.0 Å². The molecule has 0 unspecified atom stereocenters. The average Bonchev–Trinajstić information content (AvgIpc) is 2.55. The van der Waals surface area contributed by atoms with Crippen molar-refractivity contribution in [3.63, 3.8) is 0 Å². The van der Waals surface area contributed by atoms with Gasteiger partial charge >= 0.3 is 23.9 Å². The first-order valence-electron chi connectivity index (χ1n) is 8.51. The monoisotopic (exact) mass is 404 g/mol. The maximum atomic E-state index is 11.6. The van der Waals surface area contributed by atoms with E-state index in [2.05, 4.69) is 0 Å². The first kappa shape index (κ1) is 25.4. The molecule has 0 aliphatic carbocycles. The second kappa shape index (κ2) is 14.5. The number of ether oxygens (including phenoxy) is 1. The number of carboxylic acids is 3. The third-order valence-electron chi connectivity index (χ3n) is 3.49. The van der Waals surface area contributed by atoms with E-state index in [4.69, 9.17) is 20.1 Å². The van der Waals surface area contributed by atoms with Crippen LogP contribution in [0.25, 0.3) is 0 Å². The molecule has 0 heterocycles. The van der Waals surface area contributed by atoms with E-state index in [-0.39, 0.29) is 52.4 Å². The molecule has 0 saturated carbocycles. The van der Waals surface area contributed by atoms with Crippen LogP contribution in [-0.4, -0.2) is 126 Å². The number of hydrogen-bond acceptors (Lipinski definition) is 9. The Morgan fingerprint density at radius 1 is 0.750 bits per heavy atom. The SMILES string of the molecule is CCOC(=O)CN(CCN(CCN(C[C]=O)CC(=O)O)CC(=O)O)CC(=O)O. The summed E-state index contributed by atoms with van der Waals surface area (Å²) in [4.78, 5) is 59.0. The lowest BCUT2D eigenvalue weighted by molar-refractivity contribution is -0.146. The van der Waals surface area contributed by atoms with E-state index in [1.807, 2.05) is 0 Å². The van der Waals surface area contributed by atoms with Crippen LogP contribution >= 0.6 is 0 Å². The highest BCUT2D eigenvalue weighted by molar-refractivity contribution is 5.74. The molecule has 0 atom stereocenters. The van der Waals surface area contributed by atoms with Gasteiger partial charge in [0.2, 0.25) is 6.29 Å². The summed E-state index contributed by atoms with van der Waals surface area (Å²) in [6, 6.07) is 0. The fraction of sp³-hybridized carbons (Fsp3) is 0.688. The number of carbonyl (C=O) groups excluding carboxylic acids is 2. The van der Waals surface area contributed by atoms with Gasteiger partial charge in [-0.1, -0.05) is 0 Å². The van der Waals surface area contributed by atoms with Crippen molar-refractivity contribution >= 4 is 30.2 Å². The molecule has 0 aromatic carbocycles. The molecule has 0 aliphatic rings. The van der Waals surface area contributed by atoms with Crippen molar-refractivity contribution in [2.24, 2.45) is 0 Å². The highest BCUT2D eigenvalue weighted by Crippen LogP contribution is 1.97. The lowest BCUT2D eigenvalue weighted by atomic mass is 10.3. The van der Waals surface area contributed by atoms with Gasteiger partial charge in [-0.05, 0) is 6.92 Å².